The normalized spacial score (nSPS) is 17.5. The second kappa shape index (κ2) is 8.63. The van der Waals surface area contributed by atoms with E-state index in [2.05, 4.69) is 48.4 Å². The summed E-state index contributed by atoms with van der Waals surface area (Å²) in [5.41, 5.74) is 7.44. The first-order chi connectivity index (χ1) is 12.0. The minimum absolute atomic E-state index is 0.0248. The van der Waals surface area contributed by atoms with Gasteiger partial charge in [0, 0.05) is 18.7 Å². The molecule has 0 fully saturated rings. The molecule has 2 N–H and O–H groups in total. The highest BCUT2D eigenvalue weighted by molar-refractivity contribution is 6.00. The average molecular weight is 336 g/mol. The summed E-state index contributed by atoms with van der Waals surface area (Å²) in [5, 5.41) is 6.16. The van der Waals surface area contributed by atoms with Crippen LogP contribution in [0.3, 0.4) is 0 Å². The predicted octanol–water partition coefficient (Wildman–Crippen LogP) is 4.15. The molecule has 132 valence electrons. The van der Waals surface area contributed by atoms with Crippen LogP contribution in [0.1, 0.15) is 38.3 Å². The van der Waals surface area contributed by atoms with Crippen molar-refractivity contribution in [2.75, 3.05) is 13.6 Å². The zero-order valence-corrected chi connectivity index (χ0v) is 15.7. The number of carbonyl (C=O) groups excluding carboxylic acids is 1. The monoisotopic (exact) mass is 336 g/mol. The molecule has 0 saturated heterocycles. The van der Waals surface area contributed by atoms with Crippen molar-refractivity contribution in [2.45, 2.75) is 33.7 Å². The fourth-order valence-electron chi connectivity index (χ4n) is 3.24. The SMILES string of the molecule is C=C(C)C1=C(/C=C/C)C(=O)NCC/C1=C(/C)c1ccc(CNC)cc1. The minimum atomic E-state index is -0.0248. The van der Waals surface area contributed by atoms with Crippen molar-refractivity contribution >= 4 is 11.5 Å². The van der Waals surface area contributed by atoms with Crippen molar-refractivity contribution in [3.8, 4) is 0 Å². The molecule has 1 aliphatic heterocycles. The van der Waals surface area contributed by atoms with Gasteiger partial charge in [-0.25, -0.2) is 0 Å². The van der Waals surface area contributed by atoms with Crippen molar-refractivity contribution in [2.24, 2.45) is 0 Å². The molecule has 25 heavy (non-hydrogen) atoms. The van der Waals surface area contributed by atoms with Crippen molar-refractivity contribution in [3.05, 3.63) is 76.4 Å². The van der Waals surface area contributed by atoms with Crippen LogP contribution in [0.15, 0.2) is 65.3 Å². The number of nitrogens with one attached hydrogen (secondary N) is 2. The minimum Gasteiger partial charge on any atom is -0.352 e. The molecule has 3 nitrogen and oxygen atoms in total. The first-order valence-corrected chi connectivity index (χ1v) is 8.74. The smallest absolute Gasteiger partial charge is 0.251 e. The standard InChI is InChI=1S/C22H28N2O/c1-6-7-20-21(15(2)3)19(12-13-24-22(20)25)16(4)18-10-8-17(9-11-18)14-23-5/h6-11,23H,2,12-14H2,1,3-5H3,(H,24,25)/b7-6+,19-16+. The summed E-state index contributed by atoms with van der Waals surface area (Å²) in [6.07, 6.45) is 4.59. The highest BCUT2D eigenvalue weighted by Crippen LogP contribution is 2.33. The second-order valence-corrected chi connectivity index (χ2v) is 6.41. The van der Waals surface area contributed by atoms with Crippen molar-refractivity contribution in [1.29, 1.82) is 0 Å². The molecule has 0 atom stereocenters. The highest BCUT2D eigenvalue weighted by Gasteiger charge is 2.22. The Morgan fingerprint density at radius 2 is 1.96 bits per heavy atom. The zero-order chi connectivity index (χ0) is 18.4. The van der Waals surface area contributed by atoms with Crippen molar-refractivity contribution in [3.63, 3.8) is 0 Å². The lowest BCUT2D eigenvalue weighted by Gasteiger charge is -2.16. The Hall–Kier alpha value is -2.39. The molecular formula is C22H28N2O. The lowest BCUT2D eigenvalue weighted by Crippen LogP contribution is -2.23. The third-order valence-electron chi connectivity index (χ3n) is 4.46. The number of hydrogen-bond donors (Lipinski definition) is 2. The van der Waals surface area contributed by atoms with E-state index in [9.17, 15) is 4.79 Å². The van der Waals surface area contributed by atoms with Crippen LogP contribution >= 0.6 is 0 Å². The molecule has 0 unspecified atom stereocenters. The molecule has 0 radical (unpaired) electrons. The molecule has 3 heteroatoms. The Kier molecular flexibility index (Phi) is 6.54. The number of carbonyl (C=O) groups is 1. The van der Waals surface area contributed by atoms with E-state index in [1.165, 1.54) is 22.3 Å². The molecule has 0 bridgehead atoms. The fraction of sp³-hybridized carbons (Fsp3) is 0.318. The first kappa shape index (κ1) is 18.9. The van der Waals surface area contributed by atoms with Gasteiger partial charge in [-0.3, -0.25) is 4.79 Å². The van der Waals surface area contributed by atoms with E-state index in [-0.39, 0.29) is 5.91 Å². The fourth-order valence-corrected chi connectivity index (χ4v) is 3.24. The summed E-state index contributed by atoms with van der Waals surface area (Å²) in [6, 6.07) is 8.60. The third-order valence-corrected chi connectivity index (χ3v) is 4.46. The topological polar surface area (TPSA) is 41.1 Å². The van der Waals surface area contributed by atoms with Gasteiger partial charge in [0.25, 0.3) is 5.91 Å². The van der Waals surface area contributed by atoms with E-state index in [1.54, 1.807) is 0 Å². The predicted molar refractivity (Wildman–Crippen MR) is 106 cm³/mol. The van der Waals surface area contributed by atoms with Gasteiger partial charge in [-0.05, 0) is 67.7 Å². The first-order valence-electron chi connectivity index (χ1n) is 8.74. The third kappa shape index (κ3) is 4.37. The Labute approximate surface area is 151 Å². The van der Waals surface area contributed by atoms with Crippen LogP contribution in [-0.2, 0) is 11.3 Å². The summed E-state index contributed by atoms with van der Waals surface area (Å²) >= 11 is 0. The lowest BCUT2D eigenvalue weighted by molar-refractivity contribution is -0.117. The van der Waals surface area contributed by atoms with E-state index in [1.807, 2.05) is 33.0 Å². The summed E-state index contributed by atoms with van der Waals surface area (Å²) in [5.74, 6) is -0.0248. The van der Waals surface area contributed by atoms with Crippen molar-refractivity contribution in [1.82, 2.24) is 10.6 Å². The van der Waals surface area contributed by atoms with E-state index >= 15 is 0 Å². The maximum atomic E-state index is 12.4. The number of benzene rings is 1. The summed E-state index contributed by atoms with van der Waals surface area (Å²) in [4.78, 5) is 12.4. The summed E-state index contributed by atoms with van der Waals surface area (Å²) in [6.45, 7) is 11.7. The molecule has 0 aromatic heterocycles. The van der Waals surface area contributed by atoms with Crippen LogP contribution in [0.5, 0.6) is 0 Å². The zero-order valence-electron chi connectivity index (χ0n) is 15.7. The van der Waals surface area contributed by atoms with Gasteiger partial charge in [-0.2, -0.15) is 0 Å². The number of allylic oxidation sites excluding steroid dienone is 4. The van der Waals surface area contributed by atoms with Gasteiger partial charge in [-0.15, -0.1) is 0 Å². The van der Waals surface area contributed by atoms with Crippen LogP contribution in [0.4, 0.5) is 0 Å². The molecule has 1 aromatic carbocycles. The molecular weight excluding hydrogens is 308 g/mol. The van der Waals surface area contributed by atoms with Crippen molar-refractivity contribution < 1.29 is 4.79 Å². The van der Waals surface area contributed by atoms with Crippen LogP contribution in [-0.4, -0.2) is 19.5 Å². The molecule has 0 spiro atoms. The van der Waals surface area contributed by atoms with Gasteiger partial charge in [0.05, 0.1) is 0 Å². The molecule has 0 aliphatic carbocycles. The van der Waals surface area contributed by atoms with Gasteiger partial charge in [0.15, 0.2) is 0 Å². The Balaban J connectivity index is 2.60. The molecule has 1 aliphatic rings. The van der Waals surface area contributed by atoms with E-state index in [0.29, 0.717) is 12.1 Å². The number of rotatable bonds is 5. The van der Waals surface area contributed by atoms with Gasteiger partial charge in [0.2, 0.25) is 0 Å². The molecule has 0 saturated carbocycles. The lowest BCUT2D eigenvalue weighted by atomic mass is 9.87. The van der Waals surface area contributed by atoms with E-state index in [0.717, 1.165) is 24.1 Å². The number of hydrogen-bond acceptors (Lipinski definition) is 2. The van der Waals surface area contributed by atoms with Gasteiger partial charge in [-0.1, -0.05) is 43.0 Å². The summed E-state index contributed by atoms with van der Waals surface area (Å²) < 4.78 is 0. The van der Waals surface area contributed by atoms with Gasteiger partial charge < -0.3 is 10.6 Å². The van der Waals surface area contributed by atoms with Crippen LogP contribution in [0.25, 0.3) is 5.57 Å². The van der Waals surface area contributed by atoms with Gasteiger partial charge >= 0.3 is 0 Å². The maximum Gasteiger partial charge on any atom is 0.251 e. The van der Waals surface area contributed by atoms with E-state index in [4.69, 9.17) is 0 Å². The quantitative estimate of drug-likeness (QED) is 0.848. The van der Waals surface area contributed by atoms with Crippen LogP contribution in [0, 0.1) is 0 Å². The average Bonchev–Trinajstić information content (AvgIpc) is 2.75. The largest absolute Gasteiger partial charge is 0.352 e. The van der Waals surface area contributed by atoms with Crippen LogP contribution < -0.4 is 10.6 Å². The number of amides is 1. The Morgan fingerprint density at radius 3 is 2.52 bits per heavy atom. The highest BCUT2D eigenvalue weighted by atomic mass is 16.1. The maximum absolute atomic E-state index is 12.4. The van der Waals surface area contributed by atoms with Gasteiger partial charge in [0.1, 0.15) is 0 Å². The Bertz CT molecular complexity index is 749. The van der Waals surface area contributed by atoms with E-state index < -0.39 is 0 Å². The second-order valence-electron chi connectivity index (χ2n) is 6.41. The molecule has 1 heterocycles. The summed E-state index contributed by atoms with van der Waals surface area (Å²) in [7, 11) is 1.95. The molecule has 2 rings (SSSR count). The molecule has 1 amide bonds. The Morgan fingerprint density at radius 1 is 1.28 bits per heavy atom. The molecule has 1 aromatic rings. The van der Waals surface area contributed by atoms with Crippen LogP contribution in [0.2, 0.25) is 0 Å².